The maximum absolute atomic E-state index is 11.6. The van der Waals surface area contributed by atoms with Crippen molar-refractivity contribution in [2.24, 2.45) is 7.05 Å². The van der Waals surface area contributed by atoms with Gasteiger partial charge in [0.25, 0.3) is 0 Å². The quantitative estimate of drug-likeness (QED) is 0.683. The highest BCUT2D eigenvalue weighted by atomic mass is 35.5. The zero-order valence-electron chi connectivity index (χ0n) is 10.8. The summed E-state index contributed by atoms with van der Waals surface area (Å²) in [6, 6.07) is 3.78. The van der Waals surface area contributed by atoms with Crippen molar-refractivity contribution >= 4 is 40.1 Å². The van der Waals surface area contributed by atoms with Gasteiger partial charge in [-0.2, -0.15) is 0 Å². The van der Waals surface area contributed by atoms with Gasteiger partial charge in [-0.3, -0.25) is 0 Å². The van der Waals surface area contributed by atoms with E-state index in [9.17, 15) is 4.79 Å². The van der Waals surface area contributed by atoms with Crippen molar-refractivity contribution < 1.29 is 9.53 Å². The van der Waals surface area contributed by atoms with Gasteiger partial charge in [-0.1, -0.05) is 11.6 Å². The fraction of sp³-hybridized carbons (Fsp3) is 0.154. The molecule has 0 aromatic carbocycles. The van der Waals surface area contributed by atoms with E-state index in [4.69, 9.17) is 16.3 Å². The molecule has 0 saturated heterocycles. The lowest BCUT2D eigenvalue weighted by Gasteiger charge is -2.01. The molecule has 0 bridgehead atoms. The summed E-state index contributed by atoms with van der Waals surface area (Å²) >= 11 is 7.63. The van der Waals surface area contributed by atoms with Crippen LogP contribution in [0.2, 0.25) is 5.02 Å². The third-order valence-corrected chi connectivity index (χ3v) is 4.48. The van der Waals surface area contributed by atoms with Crippen molar-refractivity contribution in [3.8, 4) is 10.7 Å². The minimum atomic E-state index is -0.450. The molecule has 7 heteroatoms. The molecule has 0 aliphatic carbocycles. The summed E-state index contributed by atoms with van der Waals surface area (Å²) in [5, 5.41) is 2.04. The number of imidazole rings is 1. The molecule has 0 radical (unpaired) electrons. The normalized spacial score (nSPS) is 10.9. The van der Waals surface area contributed by atoms with E-state index in [1.54, 1.807) is 11.6 Å². The number of hydrogen-bond donors (Lipinski definition) is 0. The number of rotatable bonds is 2. The van der Waals surface area contributed by atoms with Crippen molar-refractivity contribution in [1.29, 1.82) is 0 Å². The number of aromatic nitrogens is 3. The third kappa shape index (κ3) is 1.88. The van der Waals surface area contributed by atoms with E-state index in [-0.39, 0.29) is 0 Å². The van der Waals surface area contributed by atoms with Gasteiger partial charge in [0, 0.05) is 18.6 Å². The lowest BCUT2D eigenvalue weighted by Crippen LogP contribution is -2.00. The highest BCUT2D eigenvalue weighted by Gasteiger charge is 2.21. The van der Waals surface area contributed by atoms with Gasteiger partial charge in [-0.25, -0.2) is 14.8 Å². The standard InChI is InChI=1S/C13H10ClN3O2S/c1-17-8-4-3-5-15-11(8)16-12(17)10-9(14)7(6-20-10)13(18)19-2/h3-6H,1-2H3. The molecule has 3 aromatic rings. The van der Waals surface area contributed by atoms with Crippen LogP contribution in [0.25, 0.3) is 21.9 Å². The van der Waals surface area contributed by atoms with Crippen LogP contribution in [0.4, 0.5) is 0 Å². The Bertz CT molecular complexity index is 809. The second kappa shape index (κ2) is 4.88. The average molecular weight is 308 g/mol. The Kier molecular flexibility index (Phi) is 3.19. The molecule has 3 heterocycles. The number of ether oxygens (including phenoxy) is 1. The van der Waals surface area contributed by atoms with Gasteiger partial charge >= 0.3 is 5.97 Å². The van der Waals surface area contributed by atoms with Crippen molar-refractivity contribution in [3.05, 3.63) is 34.3 Å². The molecular formula is C13H10ClN3O2S. The first kappa shape index (κ1) is 13.1. The molecule has 3 aromatic heterocycles. The molecule has 0 N–H and O–H groups in total. The van der Waals surface area contributed by atoms with E-state index in [1.807, 2.05) is 23.7 Å². The van der Waals surface area contributed by atoms with Gasteiger partial charge < -0.3 is 9.30 Å². The maximum atomic E-state index is 11.6. The van der Waals surface area contributed by atoms with Crippen LogP contribution >= 0.6 is 22.9 Å². The Balaban J connectivity index is 2.19. The van der Waals surface area contributed by atoms with E-state index in [2.05, 4.69) is 9.97 Å². The first-order valence-corrected chi connectivity index (χ1v) is 7.02. The molecule has 0 aliphatic rings. The number of esters is 1. The first-order valence-electron chi connectivity index (χ1n) is 5.76. The van der Waals surface area contributed by atoms with Gasteiger partial charge in [-0.05, 0) is 12.1 Å². The zero-order chi connectivity index (χ0) is 14.3. The number of methoxy groups -OCH3 is 1. The molecule has 0 saturated carbocycles. The number of nitrogens with zero attached hydrogens (tertiary/aromatic N) is 3. The van der Waals surface area contributed by atoms with Crippen molar-refractivity contribution in [3.63, 3.8) is 0 Å². The summed E-state index contributed by atoms with van der Waals surface area (Å²) in [5.41, 5.74) is 1.91. The summed E-state index contributed by atoms with van der Waals surface area (Å²) in [7, 11) is 3.22. The number of carbonyl (C=O) groups is 1. The summed E-state index contributed by atoms with van der Waals surface area (Å²) in [5.74, 6) is 0.234. The number of thiophene rings is 1. The van der Waals surface area contributed by atoms with Gasteiger partial charge in [0.05, 0.1) is 28.1 Å². The molecule has 0 unspecified atom stereocenters. The van der Waals surface area contributed by atoms with Crippen molar-refractivity contribution in [2.75, 3.05) is 7.11 Å². The SMILES string of the molecule is COC(=O)c1csc(-c2nc3ncccc3n2C)c1Cl. The van der Waals surface area contributed by atoms with Crippen LogP contribution in [0.1, 0.15) is 10.4 Å². The monoisotopic (exact) mass is 307 g/mol. The molecule has 3 rings (SSSR count). The van der Waals surface area contributed by atoms with Crippen LogP contribution in [-0.2, 0) is 11.8 Å². The second-order valence-electron chi connectivity index (χ2n) is 4.12. The van der Waals surface area contributed by atoms with Gasteiger partial charge in [-0.15, -0.1) is 11.3 Å². The fourth-order valence-corrected chi connectivity index (χ4v) is 3.34. The minimum absolute atomic E-state index is 0.356. The number of aryl methyl sites for hydroxylation is 1. The minimum Gasteiger partial charge on any atom is -0.465 e. The summed E-state index contributed by atoms with van der Waals surface area (Å²) in [6.07, 6.45) is 1.69. The Hall–Kier alpha value is -1.92. The highest BCUT2D eigenvalue weighted by molar-refractivity contribution is 7.14. The molecule has 20 heavy (non-hydrogen) atoms. The number of carbonyl (C=O) groups excluding carboxylic acids is 1. The fourth-order valence-electron chi connectivity index (χ4n) is 1.97. The number of hydrogen-bond acceptors (Lipinski definition) is 5. The van der Waals surface area contributed by atoms with Crippen LogP contribution in [0.15, 0.2) is 23.7 Å². The molecule has 0 spiro atoms. The van der Waals surface area contributed by atoms with Gasteiger partial charge in [0.1, 0.15) is 0 Å². The van der Waals surface area contributed by atoms with Crippen LogP contribution < -0.4 is 0 Å². The van der Waals surface area contributed by atoms with Gasteiger partial charge in [0.15, 0.2) is 11.5 Å². The van der Waals surface area contributed by atoms with Crippen LogP contribution in [0.5, 0.6) is 0 Å². The maximum Gasteiger partial charge on any atom is 0.340 e. The molecular weight excluding hydrogens is 298 g/mol. The van der Waals surface area contributed by atoms with Crippen molar-refractivity contribution in [1.82, 2.24) is 14.5 Å². The van der Waals surface area contributed by atoms with E-state index in [1.165, 1.54) is 18.4 Å². The van der Waals surface area contributed by atoms with E-state index >= 15 is 0 Å². The summed E-state index contributed by atoms with van der Waals surface area (Å²) in [6.45, 7) is 0. The number of pyridine rings is 1. The summed E-state index contributed by atoms with van der Waals surface area (Å²) < 4.78 is 6.60. The Morgan fingerprint density at radius 2 is 2.30 bits per heavy atom. The topological polar surface area (TPSA) is 57.0 Å². The predicted octanol–water partition coefficient (Wildman–Crippen LogP) is 3.14. The molecule has 0 amide bonds. The van der Waals surface area contributed by atoms with E-state index in [0.29, 0.717) is 22.1 Å². The average Bonchev–Trinajstić information content (AvgIpc) is 2.99. The third-order valence-electron chi connectivity index (χ3n) is 3.00. The zero-order valence-corrected chi connectivity index (χ0v) is 12.3. The lowest BCUT2D eigenvalue weighted by molar-refractivity contribution is 0.0601. The summed E-state index contributed by atoms with van der Waals surface area (Å²) in [4.78, 5) is 21.0. The predicted molar refractivity (Wildman–Crippen MR) is 78.2 cm³/mol. The van der Waals surface area contributed by atoms with E-state index < -0.39 is 5.97 Å². The lowest BCUT2D eigenvalue weighted by atomic mass is 10.3. The first-order chi connectivity index (χ1) is 9.63. The Labute approximate surface area is 123 Å². The van der Waals surface area contributed by atoms with Crippen LogP contribution in [0.3, 0.4) is 0 Å². The molecule has 5 nitrogen and oxygen atoms in total. The second-order valence-corrected chi connectivity index (χ2v) is 5.38. The van der Waals surface area contributed by atoms with Crippen LogP contribution in [-0.4, -0.2) is 27.6 Å². The molecule has 102 valence electrons. The van der Waals surface area contributed by atoms with E-state index in [0.717, 1.165) is 10.4 Å². The Morgan fingerprint density at radius 1 is 1.50 bits per heavy atom. The van der Waals surface area contributed by atoms with Crippen LogP contribution in [0, 0.1) is 0 Å². The Morgan fingerprint density at radius 3 is 3.00 bits per heavy atom. The largest absolute Gasteiger partial charge is 0.465 e. The van der Waals surface area contributed by atoms with Gasteiger partial charge in [0.2, 0.25) is 0 Å². The molecule has 0 atom stereocenters. The number of halogens is 1. The van der Waals surface area contributed by atoms with Crippen molar-refractivity contribution in [2.45, 2.75) is 0 Å². The smallest absolute Gasteiger partial charge is 0.340 e. The molecule has 0 aliphatic heterocycles. The highest BCUT2D eigenvalue weighted by Crippen LogP contribution is 2.37. The number of fused-ring (bicyclic) bond motifs is 1. The molecule has 0 fully saturated rings.